The molecule has 0 atom stereocenters. The van der Waals surface area contributed by atoms with E-state index >= 15 is 0 Å². The third-order valence-electron chi connectivity index (χ3n) is 4.11. The van der Waals surface area contributed by atoms with Crippen molar-refractivity contribution in [2.75, 3.05) is 0 Å². The lowest BCUT2D eigenvalue weighted by molar-refractivity contribution is -0.137. The van der Waals surface area contributed by atoms with Crippen LogP contribution < -0.4 is 0 Å². The molecular weight excluding hydrogens is 399 g/mol. The Labute approximate surface area is 154 Å². The van der Waals surface area contributed by atoms with Gasteiger partial charge in [0.2, 0.25) is 0 Å². The Hall–Kier alpha value is -1.24. The van der Waals surface area contributed by atoms with E-state index in [1.165, 1.54) is 6.07 Å². The molecule has 1 saturated carbocycles. The smallest absolute Gasteiger partial charge is 0.416 e. The molecule has 0 aliphatic heterocycles. The second-order valence-corrected chi connectivity index (χ2v) is 8.20. The van der Waals surface area contributed by atoms with Gasteiger partial charge in [-0.3, -0.25) is 0 Å². The fourth-order valence-electron chi connectivity index (χ4n) is 2.93. The second-order valence-electron chi connectivity index (χ2n) is 7.35. The highest BCUT2D eigenvalue weighted by Crippen LogP contribution is 2.34. The number of amides is 1. The van der Waals surface area contributed by atoms with Gasteiger partial charge in [-0.1, -0.05) is 28.8 Å². The lowest BCUT2D eigenvalue weighted by Gasteiger charge is -2.32. The maximum Gasteiger partial charge on any atom is 0.416 e. The molecule has 1 aromatic carbocycles. The molecule has 1 amide bonds. The Morgan fingerprint density at radius 2 is 1.84 bits per heavy atom. The highest BCUT2D eigenvalue weighted by atomic mass is 79.9. The van der Waals surface area contributed by atoms with Crippen LogP contribution >= 0.6 is 15.9 Å². The van der Waals surface area contributed by atoms with E-state index in [9.17, 15) is 18.0 Å². The van der Waals surface area contributed by atoms with Gasteiger partial charge >= 0.3 is 12.3 Å². The highest BCUT2D eigenvalue weighted by molar-refractivity contribution is 9.10. The van der Waals surface area contributed by atoms with Gasteiger partial charge in [0.05, 0.1) is 12.1 Å². The quantitative estimate of drug-likeness (QED) is 0.585. The molecule has 0 spiro atoms. The van der Waals surface area contributed by atoms with Crippen molar-refractivity contribution in [3.63, 3.8) is 0 Å². The molecule has 0 aromatic heterocycles. The van der Waals surface area contributed by atoms with Crippen molar-refractivity contribution < 1.29 is 22.7 Å². The third kappa shape index (κ3) is 5.62. The number of carbonyl (C=O) groups is 1. The van der Waals surface area contributed by atoms with Gasteiger partial charge in [-0.25, -0.2) is 4.79 Å². The van der Waals surface area contributed by atoms with Crippen molar-refractivity contribution >= 4 is 22.0 Å². The first-order valence-electron chi connectivity index (χ1n) is 8.32. The number of nitrogens with zero attached hydrogens (tertiary/aromatic N) is 1. The Bertz CT molecular complexity index is 620. The van der Waals surface area contributed by atoms with Gasteiger partial charge in [0.15, 0.2) is 0 Å². The molecular formula is C18H23BrF3NO2. The van der Waals surface area contributed by atoms with Gasteiger partial charge in [0.1, 0.15) is 5.60 Å². The lowest BCUT2D eigenvalue weighted by Crippen LogP contribution is -2.42. The van der Waals surface area contributed by atoms with Crippen molar-refractivity contribution in [2.45, 2.75) is 70.8 Å². The maximum absolute atomic E-state index is 13.0. The number of rotatable bonds is 3. The van der Waals surface area contributed by atoms with E-state index < -0.39 is 23.4 Å². The van der Waals surface area contributed by atoms with Gasteiger partial charge in [-0.05, 0) is 57.4 Å². The zero-order valence-electron chi connectivity index (χ0n) is 14.6. The van der Waals surface area contributed by atoms with Crippen molar-refractivity contribution in [3.05, 3.63) is 33.8 Å². The summed E-state index contributed by atoms with van der Waals surface area (Å²) in [6.07, 6.45) is -1.20. The molecule has 1 aliphatic carbocycles. The molecule has 140 valence electrons. The first-order valence-corrected chi connectivity index (χ1v) is 9.12. The Kier molecular flexibility index (Phi) is 6.07. The van der Waals surface area contributed by atoms with Crippen LogP contribution in [0, 0.1) is 0 Å². The number of hydrogen-bond donors (Lipinski definition) is 0. The summed E-state index contributed by atoms with van der Waals surface area (Å²) in [6, 6.07) is 3.49. The Balaban J connectivity index is 2.28. The summed E-state index contributed by atoms with van der Waals surface area (Å²) < 4.78 is 45.0. The maximum atomic E-state index is 13.0. The predicted molar refractivity (Wildman–Crippen MR) is 93.2 cm³/mol. The molecule has 1 aromatic rings. The fourth-order valence-corrected chi connectivity index (χ4v) is 3.31. The van der Waals surface area contributed by atoms with Crippen LogP contribution in [0.2, 0.25) is 0 Å². The van der Waals surface area contributed by atoms with Crippen molar-refractivity contribution in [1.29, 1.82) is 0 Å². The van der Waals surface area contributed by atoms with E-state index in [2.05, 4.69) is 15.9 Å². The molecule has 2 rings (SSSR count). The van der Waals surface area contributed by atoms with E-state index in [4.69, 9.17) is 4.74 Å². The number of hydrogen-bond acceptors (Lipinski definition) is 2. The second kappa shape index (κ2) is 7.56. The van der Waals surface area contributed by atoms with Crippen LogP contribution in [0.1, 0.15) is 57.6 Å². The topological polar surface area (TPSA) is 29.5 Å². The van der Waals surface area contributed by atoms with Crippen molar-refractivity contribution in [2.24, 2.45) is 0 Å². The summed E-state index contributed by atoms with van der Waals surface area (Å²) in [5.41, 5.74) is -0.951. The molecule has 0 saturated heterocycles. The zero-order chi connectivity index (χ0) is 18.8. The first kappa shape index (κ1) is 20.1. The highest BCUT2D eigenvalue weighted by Gasteiger charge is 2.33. The number of ether oxygens (including phenoxy) is 1. The van der Waals surface area contributed by atoms with Crippen molar-refractivity contribution in [1.82, 2.24) is 4.90 Å². The number of alkyl halides is 3. The number of benzene rings is 1. The fraction of sp³-hybridized carbons (Fsp3) is 0.611. The summed E-state index contributed by atoms with van der Waals surface area (Å²) in [7, 11) is 0. The lowest BCUT2D eigenvalue weighted by atomic mass is 10.1. The molecule has 0 unspecified atom stereocenters. The molecule has 3 nitrogen and oxygen atoms in total. The van der Waals surface area contributed by atoms with Gasteiger partial charge in [-0.2, -0.15) is 13.2 Å². The van der Waals surface area contributed by atoms with Crippen LogP contribution in [-0.4, -0.2) is 22.6 Å². The molecule has 0 N–H and O–H groups in total. The SMILES string of the molecule is CC(C)(C)OC(=O)N(Cc1cc(C(F)(F)F)ccc1Br)C1CCCC1. The Morgan fingerprint density at radius 3 is 2.36 bits per heavy atom. The number of carbonyl (C=O) groups excluding carboxylic acids is 1. The van der Waals surface area contributed by atoms with E-state index in [-0.39, 0.29) is 12.6 Å². The standard InChI is InChI=1S/C18H23BrF3NO2/c1-17(2,3)25-16(24)23(14-6-4-5-7-14)11-12-10-13(18(20,21)22)8-9-15(12)19/h8-10,14H,4-7,11H2,1-3H3. The van der Waals surface area contributed by atoms with Crippen LogP contribution in [0.25, 0.3) is 0 Å². The van der Waals surface area contributed by atoms with Gasteiger partial charge < -0.3 is 9.64 Å². The Morgan fingerprint density at radius 1 is 1.24 bits per heavy atom. The first-order chi connectivity index (χ1) is 11.5. The van der Waals surface area contributed by atoms with Crippen LogP contribution in [0.15, 0.2) is 22.7 Å². The summed E-state index contributed by atoms with van der Waals surface area (Å²) in [4.78, 5) is 14.2. The largest absolute Gasteiger partial charge is 0.444 e. The molecule has 1 fully saturated rings. The molecule has 25 heavy (non-hydrogen) atoms. The molecule has 7 heteroatoms. The summed E-state index contributed by atoms with van der Waals surface area (Å²) in [6.45, 7) is 5.41. The van der Waals surface area contributed by atoms with Crippen molar-refractivity contribution in [3.8, 4) is 0 Å². The molecule has 0 bridgehead atoms. The minimum Gasteiger partial charge on any atom is -0.444 e. The molecule has 0 radical (unpaired) electrons. The monoisotopic (exact) mass is 421 g/mol. The average Bonchev–Trinajstić information content (AvgIpc) is 2.96. The third-order valence-corrected chi connectivity index (χ3v) is 4.88. The summed E-state index contributed by atoms with van der Waals surface area (Å²) in [5, 5.41) is 0. The predicted octanol–water partition coefficient (Wildman–Crippen LogP) is 6.15. The summed E-state index contributed by atoms with van der Waals surface area (Å²) >= 11 is 3.30. The minimum absolute atomic E-state index is 0.00343. The molecule has 0 heterocycles. The number of halogens is 4. The van der Waals surface area contributed by atoms with Gasteiger partial charge in [0, 0.05) is 10.5 Å². The van der Waals surface area contributed by atoms with E-state index in [0.717, 1.165) is 37.8 Å². The molecule has 1 aliphatic rings. The van der Waals surface area contributed by atoms with Crippen LogP contribution in [0.4, 0.5) is 18.0 Å². The average molecular weight is 422 g/mol. The van der Waals surface area contributed by atoms with E-state index in [1.54, 1.807) is 25.7 Å². The van der Waals surface area contributed by atoms with Crippen LogP contribution in [0.5, 0.6) is 0 Å². The van der Waals surface area contributed by atoms with Crippen LogP contribution in [0.3, 0.4) is 0 Å². The van der Waals surface area contributed by atoms with Crippen LogP contribution in [-0.2, 0) is 17.5 Å². The summed E-state index contributed by atoms with van der Waals surface area (Å²) in [5.74, 6) is 0. The minimum atomic E-state index is -4.42. The van der Waals surface area contributed by atoms with Gasteiger partial charge in [0.25, 0.3) is 0 Å². The van der Waals surface area contributed by atoms with E-state index in [0.29, 0.717) is 10.0 Å². The van der Waals surface area contributed by atoms with Gasteiger partial charge in [-0.15, -0.1) is 0 Å². The normalized spacial score (nSPS) is 16.1. The van der Waals surface area contributed by atoms with E-state index in [1.807, 2.05) is 0 Å². The zero-order valence-corrected chi connectivity index (χ0v) is 16.2.